The predicted molar refractivity (Wildman–Crippen MR) is 149 cm³/mol. The van der Waals surface area contributed by atoms with Crippen molar-refractivity contribution in [3.63, 3.8) is 0 Å². The number of nitrogens with zero attached hydrogens (tertiary/aromatic N) is 2. The molecule has 4 amide bonds. The summed E-state index contributed by atoms with van der Waals surface area (Å²) in [6.07, 6.45) is 2.54. The van der Waals surface area contributed by atoms with Gasteiger partial charge in [0, 0.05) is 31.3 Å². The molecule has 42 heavy (non-hydrogen) atoms. The molecule has 0 saturated heterocycles. The molecule has 0 aliphatic carbocycles. The molecule has 228 valence electrons. The van der Waals surface area contributed by atoms with E-state index in [1.54, 1.807) is 0 Å². The van der Waals surface area contributed by atoms with E-state index in [-0.39, 0.29) is 43.9 Å². The topological polar surface area (TPSA) is 307 Å². The van der Waals surface area contributed by atoms with Gasteiger partial charge in [-0.2, -0.15) is 0 Å². The number of imidazole rings is 1. The van der Waals surface area contributed by atoms with E-state index < -0.39 is 60.2 Å². The van der Waals surface area contributed by atoms with Crippen molar-refractivity contribution in [1.29, 1.82) is 0 Å². The van der Waals surface area contributed by atoms with Crippen LogP contribution in [0.15, 0.2) is 41.8 Å². The smallest absolute Gasteiger partial charge is 0.326 e. The molecular weight excluding hydrogens is 552 g/mol. The second kappa shape index (κ2) is 16.2. The molecule has 2 aromatic rings. The summed E-state index contributed by atoms with van der Waals surface area (Å²) in [4.78, 5) is 72.9. The number of carboxylic acids is 1. The summed E-state index contributed by atoms with van der Waals surface area (Å²) in [7, 11) is 0. The number of benzene rings is 1. The van der Waals surface area contributed by atoms with Crippen molar-refractivity contribution in [2.45, 2.75) is 56.3 Å². The lowest BCUT2D eigenvalue weighted by Crippen LogP contribution is -2.58. The Morgan fingerprint density at radius 2 is 1.52 bits per heavy atom. The maximum atomic E-state index is 13.4. The van der Waals surface area contributed by atoms with Crippen LogP contribution < -0.4 is 38.9 Å². The van der Waals surface area contributed by atoms with E-state index in [1.165, 1.54) is 36.8 Å². The molecule has 1 aromatic heterocycles. The quantitative estimate of drug-likeness (QED) is 0.0495. The number of aliphatic carboxylic acids is 1. The number of hydrogen-bond acceptors (Lipinski definition) is 9. The molecule has 0 radical (unpaired) electrons. The molecule has 4 atom stereocenters. The van der Waals surface area contributed by atoms with Gasteiger partial charge in [0.25, 0.3) is 0 Å². The summed E-state index contributed by atoms with van der Waals surface area (Å²) in [6.45, 7) is 0.146. The van der Waals surface area contributed by atoms with Gasteiger partial charge in [0.1, 0.15) is 23.9 Å². The van der Waals surface area contributed by atoms with Crippen molar-refractivity contribution >= 4 is 35.6 Å². The Bertz CT molecular complexity index is 1250. The lowest BCUT2D eigenvalue weighted by molar-refractivity contribution is -0.143. The van der Waals surface area contributed by atoms with E-state index in [2.05, 4.69) is 30.9 Å². The highest BCUT2D eigenvalue weighted by molar-refractivity contribution is 5.95. The van der Waals surface area contributed by atoms with E-state index in [0.29, 0.717) is 11.3 Å². The Hall–Kier alpha value is -5.19. The fourth-order valence-electron chi connectivity index (χ4n) is 3.80. The summed E-state index contributed by atoms with van der Waals surface area (Å²) in [6, 6.07) is 0.513. The number of hydrogen-bond donors (Lipinski definition) is 10. The largest absolute Gasteiger partial charge is 0.508 e. The number of primary amides is 1. The van der Waals surface area contributed by atoms with Crippen LogP contribution >= 0.6 is 0 Å². The minimum absolute atomic E-state index is 0.0359. The summed E-state index contributed by atoms with van der Waals surface area (Å²) in [5, 5.41) is 26.3. The van der Waals surface area contributed by atoms with Gasteiger partial charge in [-0.15, -0.1) is 0 Å². The number of carbonyl (C=O) groups is 5. The van der Waals surface area contributed by atoms with Crippen LogP contribution in [-0.4, -0.2) is 86.5 Å². The van der Waals surface area contributed by atoms with E-state index in [4.69, 9.17) is 22.9 Å². The van der Waals surface area contributed by atoms with Crippen LogP contribution in [0.3, 0.4) is 0 Å². The molecule has 17 nitrogen and oxygen atoms in total. The zero-order valence-corrected chi connectivity index (χ0v) is 22.7. The molecule has 0 saturated carbocycles. The van der Waals surface area contributed by atoms with Gasteiger partial charge in [-0.1, -0.05) is 12.1 Å². The maximum absolute atomic E-state index is 13.4. The summed E-state index contributed by atoms with van der Waals surface area (Å²) >= 11 is 0. The average molecular weight is 589 g/mol. The number of phenolic OH excluding ortho intramolecular Hbond substituents is 1. The Labute approximate surface area is 240 Å². The third-order valence-electron chi connectivity index (χ3n) is 5.94. The first-order valence-electron chi connectivity index (χ1n) is 12.8. The number of nitrogens with one attached hydrogen (secondary N) is 4. The molecule has 14 N–H and O–H groups in total. The molecule has 1 aromatic carbocycles. The number of carboxylic acid groups (broad SMARTS) is 1. The first-order valence-corrected chi connectivity index (χ1v) is 12.8. The fourth-order valence-corrected chi connectivity index (χ4v) is 3.80. The first kappa shape index (κ1) is 33.0. The van der Waals surface area contributed by atoms with Crippen LogP contribution in [0, 0.1) is 0 Å². The molecular formula is C25H36N10O7. The lowest BCUT2D eigenvalue weighted by Gasteiger charge is -2.25. The van der Waals surface area contributed by atoms with Crippen LogP contribution in [0.4, 0.5) is 0 Å². The highest BCUT2D eigenvalue weighted by atomic mass is 16.4. The van der Waals surface area contributed by atoms with Crippen molar-refractivity contribution < 1.29 is 34.2 Å². The Kier molecular flexibility index (Phi) is 12.7. The van der Waals surface area contributed by atoms with Gasteiger partial charge in [-0.3, -0.25) is 24.2 Å². The number of aromatic amines is 1. The monoisotopic (exact) mass is 588 g/mol. The SMILES string of the molecule is NC(=O)CC(NC(=O)C(Cc1ccc(O)cc1)NC(=O)C(CCCN=C(N)N)NC(=O)C(N)Cc1cnc[nH]1)C(=O)O. The standard InChI is InChI=1S/C25H36N10O7/c26-16(9-14-11-30-12-32-14)21(38)33-17(2-1-7-31-25(28)29)22(39)34-18(8-13-3-5-15(36)6-4-13)23(40)35-19(24(41)42)10-20(27)37/h3-6,11-12,16-19,36H,1-2,7-10,26H2,(H2,27,37)(H,30,32)(H,33,38)(H,34,39)(H,35,40)(H,41,42)(H4,28,29,31). The third-order valence-corrected chi connectivity index (χ3v) is 5.94. The van der Waals surface area contributed by atoms with Crippen molar-refractivity contribution in [3.8, 4) is 5.75 Å². The van der Waals surface area contributed by atoms with Crippen molar-refractivity contribution in [1.82, 2.24) is 25.9 Å². The van der Waals surface area contributed by atoms with Gasteiger partial charge in [-0.25, -0.2) is 9.78 Å². The molecule has 0 spiro atoms. The molecule has 0 aliphatic rings. The normalized spacial score (nSPS) is 13.5. The first-order chi connectivity index (χ1) is 19.8. The molecule has 4 unspecified atom stereocenters. The van der Waals surface area contributed by atoms with Crippen LogP contribution in [0.25, 0.3) is 0 Å². The molecule has 1 heterocycles. The number of nitrogens with two attached hydrogens (primary N) is 4. The highest BCUT2D eigenvalue weighted by Crippen LogP contribution is 2.12. The van der Waals surface area contributed by atoms with Crippen LogP contribution in [-0.2, 0) is 36.8 Å². The van der Waals surface area contributed by atoms with E-state index in [9.17, 15) is 34.2 Å². The van der Waals surface area contributed by atoms with Gasteiger partial charge in [0.05, 0.1) is 18.8 Å². The zero-order valence-electron chi connectivity index (χ0n) is 22.7. The van der Waals surface area contributed by atoms with Crippen molar-refractivity contribution in [2.24, 2.45) is 27.9 Å². The maximum Gasteiger partial charge on any atom is 0.326 e. The molecule has 0 fully saturated rings. The van der Waals surface area contributed by atoms with Gasteiger partial charge in [0.2, 0.25) is 23.6 Å². The second-order valence-electron chi connectivity index (χ2n) is 9.40. The van der Waals surface area contributed by atoms with Crippen molar-refractivity contribution in [2.75, 3.05) is 6.54 Å². The molecule has 2 rings (SSSR count). The van der Waals surface area contributed by atoms with Crippen LogP contribution in [0.5, 0.6) is 5.75 Å². The van der Waals surface area contributed by atoms with Gasteiger partial charge in [0.15, 0.2) is 5.96 Å². The fraction of sp³-hybridized carbons (Fsp3) is 0.400. The minimum atomic E-state index is -1.65. The summed E-state index contributed by atoms with van der Waals surface area (Å²) < 4.78 is 0. The highest BCUT2D eigenvalue weighted by Gasteiger charge is 2.31. The number of carbonyl (C=O) groups excluding carboxylic acids is 4. The Morgan fingerprint density at radius 1 is 0.905 bits per heavy atom. The number of aliphatic imine (C=N–C) groups is 1. The number of guanidine groups is 1. The van der Waals surface area contributed by atoms with Crippen LogP contribution in [0.2, 0.25) is 0 Å². The summed E-state index contributed by atoms with van der Waals surface area (Å²) in [5.74, 6) is -5.01. The number of amides is 4. The molecule has 17 heteroatoms. The molecule has 0 bridgehead atoms. The number of H-pyrrole nitrogens is 1. The third kappa shape index (κ3) is 11.5. The van der Waals surface area contributed by atoms with Gasteiger partial charge in [-0.05, 0) is 30.5 Å². The minimum Gasteiger partial charge on any atom is -0.508 e. The number of rotatable bonds is 17. The van der Waals surface area contributed by atoms with E-state index in [1.807, 2.05) is 0 Å². The van der Waals surface area contributed by atoms with E-state index in [0.717, 1.165) is 0 Å². The van der Waals surface area contributed by atoms with Gasteiger partial charge < -0.3 is 54.1 Å². The van der Waals surface area contributed by atoms with Crippen LogP contribution in [0.1, 0.15) is 30.5 Å². The Balaban J connectivity index is 2.26. The van der Waals surface area contributed by atoms with Crippen molar-refractivity contribution in [3.05, 3.63) is 48.0 Å². The number of phenols is 1. The average Bonchev–Trinajstić information content (AvgIpc) is 3.43. The predicted octanol–water partition coefficient (Wildman–Crippen LogP) is -3.30. The van der Waals surface area contributed by atoms with E-state index >= 15 is 0 Å². The zero-order chi connectivity index (χ0) is 31.2. The van der Waals surface area contributed by atoms with Gasteiger partial charge >= 0.3 is 5.97 Å². The lowest BCUT2D eigenvalue weighted by atomic mass is 10.0. The number of aromatic nitrogens is 2. The second-order valence-corrected chi connectivity index (χ2v) is 9.40. The Morgan fingerprint density at radius 3 is 2.10 bits per heavy atom. The molecule has 0 aliphatic heterocycles. The summed E-state index contributed by atoms with van der Waals surface area (Å²) in [5.41, 5.74) is 22.9. The number of aromatic hydroxyl groups is 1.